The molecule has 0 radical (unpaired) electrons. The van der Waals surface area contributed by atoms with Crippen molar-refractivity contribution in [3.63, 3.8) is 0 Å². The van der Waals surface area contributed by atoms with E-state index in [1.54, 1.807) is 0 Å². The monoisotopic (exact) mass is 182 g/mol. The van der Waals surface area contributed by atoms with E-state index in [9.17, 15) is 13.2 Å². The zero-order chi connectivity index (χ0) is 9.61. The third kappa shape index (κ3) is 9.79. The van der Waals surface area contributed by atoms with Gasteiger partial charge in [0.25, 0.3) is 0 Å². The number of unbranched alkanes of at least 4 members (excludes halogenated alkanes) is 2. The van der Waals surface area contributed by atoms with Crippen molar-refractivity contribution in [2.75, 3.05) is 0 Å². The van der Waals surface area contributed by atoms with Gasteiger partial charge in [0.15, 0.2) is 0 Å². The predicted molar refractivity (Wildman–Crippen MR) is 44.0 cm³/mol. The van der Waals surface area contributed by atoms with Gasteiger partial charge in [0.05, 0.1) is 0 Å². The van der Waals surface area contributed by atoms with Crippen LogP contribution in [0.3, 0.4) is 0 Å². The van der Waals surface area contributed by atoms with Gasteiger partial charge >= 0.3 is 6.18 Å². The van der Waals surface area contributed by atoms with Crippen LogP contribution in [0.1, 0.15) is 46.0 Å². The van der Waals surface area contributed by atoms with Gasteiger partial charge in [-0.1, -0.05) is 33.1 Å². The van der Waals surface area contributed by atoms with Gasteiger partial charge in [-0.3, -0.25) is 0 Å². The Hall–Kier alpha value is -0.210. The van der Waals surface area contributed by atoms with Gasteiger partial charge in [-0.15, -0.1) is 0 Å². The van der Waals surface area contributed by atoms with E-state index < -0.39 is 12.6 Å². The van der Waals surface area contributed by atoms with Gasteiger partial charge in [0, 0.05) is 6.42 Å². The lowest BCUT2D eigenvalue weighted by Gasteiger charge is -2.06. The van der Waals surface area contributed by atoms with E-state index in [4.69, 9.17) is 0 Å². The third-order valence-electron chi connectivity index (χ3n) is 1.74. The molecule has 0 aromatic heterocycles. The van der Waals surface area contributed by atoms with Gasteiger partial charge in [0.2, 0.25) is 0 Å². The Morgan fingerprint density at radius 3 is 2.00 bits per heavy atom. The minimum atomic E-state index is -3.96. The maximum atomic E-state index is 11.6. The summed E-state index contributed by atoms with van der Waals surface area (Å²) in [5, 5.41) is 0. The Morgan fingerprint density at radius 1 is 1.00 bits per heavy atom. The molecule has 0 saturated carbocycles. The third-order valence-corrected chi connectivity index (χ3v) is 1.74. The van der Waals surface area contributed by atoms with Crippen molar-refractivity contribution >= 4 is 0 Å². The van der Waals surface area contributed by atoms with Crippen molar-refractivity contribution in [3.8, 4) is 0 Å². The first kappa shape index (κ1) is 11.8. The number of halogens is 3. The van der Waals surface area contributed by atoms with Crippen molar-refractivity contribution in [2.45, 2.75) is 52.1 Å². The minimum absolute atomic E-state index is 0.288. The second-order valence-corrected chi connectivity index (χ2v) is 3.61. The van der Waals surface area contributed by atoms with E-state index in [1.807, 2.05) is 0 Å². The van der Waals surface area contributed by atoms with Crippen molar-refractivity contribution in [3.05, 3.63) is 0 Å². The number of alkyl halides is 3. The lowest BCUT2D eigenvalue weighted by Crippen LogP contribution is -2.06. The van der Waals surface area contributed by atoms with Crippen molar-refractivity contribution in [1.29, 1.82) is 0 Å². The van der Waals surface area contributed by atoms with E-state index in [0.29, 0.717) is 12.3 Å². The topological polar surface area (TPSA) is 0 Å². The fourth-order valence-corrected chi connectivity index (χ4v) is 1.05. The molecule has 74 valence electrons. The summed E-state index contributed by atoms with van der Waals surface area (Å²) < 4.78 is 34.9. The molecule has 0 nitrogen and oxygen atoms in total. The maximum absolute atomic E-state index is 11.6. The highest BCUT2D eigenvalue weighted by Crippen LogP contribution is 2.23. The molecule has 0 saturated heterocycles. The molecule has 0 aliphatic carbocycles. The lowest BCUT2D eigenvalue weighted by atomic mass is 10.0. The molecule has 0 aromatic rings. The number of hydrogen-bond acceptors (Lipinski definition) is 0. The molecule has 0 aromatic carbocycles. The highest BCUT2D eigenvalue weighted by Gasteiger charge is 2.25. The van der Waals surface area contributed by atoms with Crippen LogP contribution in [-0.2, 0) is 0 Å². The smallest absolute Gasteiger partial charge is 0.171 e. The van der Waals surface area contributed by atoms with E-state index in [2.05, 4.69) is 13.8 Å². The van der Waals surface area contributed by atoms with E-state index >= 15 is 0 Å². The normalized spacial score (nSPS) is 12.5. The molecule has 0 bridgehead atoms. The summed E-state index contributed by atoms with van der Waals surface area (Å²) in [4.78, 5) is 0. The molecule has 0 amide bonds. The largest absolute Gasteiger partial charge is 0.389 e. The van der Waals surface area contributed by atoms with Gasteiger partial charge < -0.3 is 0 Å². The Morgan fingerprint density at radius 2 is 1.58 bits per heavy atom. The van der Waals surface area contributed by atoms with Crippen LogP contribution in [0, 0.1) is 5.92 Å². The van der Waals surface area contributed by atoms with Crippen LogP contribution in [-0.4, -0.2) is 6.18 Å². The molecule has 3 heteroatoms. The van der Waals surface area contributed by atoms with Gasteiger partial charge in [-0.25, -0.2) is 0 Å². The van der Waals surface area contributed by atoms with Crippen LogP contribution in [0.5, 0.6) is 0 Å². The van der Waals surface area contributed by atoms with E-state index in [0.717, 1.165) is 12.8 Å². The fraction of sp³-hybridized carbons (Fsp3) is 1.00. The zero-order valence-corrected chi connectivity index (χ0v) is 7.75. The zero-order valence-electron chi connectivity index (χ0n) is 7.75. The molecule has 0 N–H and O–H groups in total. The second-order valence-electron chi connectivity index (χ2n) is 3.61. The van der Waals surface area contributed by atoms with Crippen LogP contribution < -0.4 is 0 Å². The highest BCUT2D eigenvalue weighted by molar-refractivity contribution is 4.52. The van der Waals surface area contributed by atoms with Crippen LogP contribution in [0.25, 0.3) is 0 Å². The average Bonchev–Trinajstić information content (AvgIpc) is 1.83. The van der Waals surface area contributed by atoms with E-state index in [1.165, 1.54) is 0 Å². The van der Waals surface area contributed by atoms with Crippen molar-refractivity contribution in [2.24, 2.45) is 5.92 Å². The molecular weight excluding hydrogens is 165 g/mol. The molecule has 12 heavy (non-hydrogen) atoms. The Labute approximate surface area is 72.2 Å². The van der Waals surface area contributed by atoms with Crippen molar-refractivity contribution in [1.82, 2.24) is 0 Å². The molecule has 0 aliphatic heterocycles. The number of rotatable bonds is 5. The fourth-order valence-electron chi connectivity index (χ4n) is 1.05. The number of hydrogen-bond donors (Lipinski definition) is 0. The summed E-state index contributed by atoms with van der Waals surface area (Å²) in [5.74, 6) is 0.607. The molecule has 0 fully saturated rings. The standard InChI is InChI=1S/C9H17F3/c1-8(2)6-4-3-5-7-9(10,11)12/h8H,3-7H2,1-2H3. The molecule has 0 spiro atoms. The summed E-state index contributed by atoms with van der Waals surface area (Å²) in [6.45, 7) is 4.17. The van der Waals surface area contributed by atoms with Crippen molar-refractivity contribution < 1.29 is 13.2 Å². The highest BCUT2D eigenvalue weighted by atomic mass is 19.4. The quantitative estimate of drug-likeness (QED) is 0.560. The van der Waals surface area contributed by atoms with Gasteiger partial charge in [-0.05, 0) is 12.3 Å². The van der Waals surface area contributed by atoms with E-state index in [-0.39, 0.29) is 6.42 Å². The average molecular weight is 182 g/mol. The first-order valence-electron chi connectivity index (χ1n) is 4.48. The SMILES string of the molecule is CC(C)CCCCCC(F)(F)F. The lowest BCUT2D eigenvalue weighted by molar-refractivity contribution is -0.135. The summed E-state index contributed by atoms with van der Waals surface area (Å²) in [5.41, 5.74) is 0. The minimum Gasteiger partial charge on any atom is -0.171 e. The molecule has 0 aliphatic rings. The summed E-state index contributed by atoms with van der Waals surface area (Å²) in [6.07, 6.45) is -1.62. The van der Waals surface area contributed by atoms with Crippen LogP contribution in [0.15, 0.2) is 0 Å². The Kier molecular flexibility index (Phi) is 5.34. The molecular formula is C9H17F3. The molecule has 0 rings (SSSR count). The first-order valence-corrected chi connectivity index (χ1v) is 4.48. The van der Waals surface area contributed by atoms with Crippen LogP contribution in [0.2, 0.25) is 0 Å². The summed E-state index contributed by atoms with van der Waals surface area (Å²) in [6, 6.07) is 0. The van der Waals surface area contributed by atoms with Gasteiger partial charge in [0.1, 0.15) is 0 Å². The van der Waals surface area contributed by atoms with Gasteiger partial charge in [-0.2, -0.15) is 13.2 Å². The first-order chi connectivity index (χ1) is 5.42. The van der Waals surface area contributed by atoms with Crippen LogP contribution >= 0.6 is 0 Å². The Bertz CT molecular complexity index is 105. The maximum Gasteiger partial charge on any atom is 0.389 e. The predicted octanol–water partition coefficient (Wildman–Crippen LogP) is 4.16. The van der Waals surface area contributed by atoms with Crippen LogP contribution in [0.4, 0.5) is 13.2 Å². The summed E-state index contributed by atoms with van der Waals surface area (Å²) in [7, 11) is 0. The molecule has 0 atom stereocenters. The second kappa shape index (κ2) is 5.44. The molecule has 0 unspecified atom stereocenters. The summed E-state index contributed by atoms with van der Waals surface area (Å²) >= 11 is 0. The molecule has 0 heterocycles. The Balaban J connectivity index is 3.12.